The average molecular weight is 355 g/mol. The Balaban J connectivity index is 1.62. The molecule has 1 saturated heterocycles. The summed E-state index contributed by atoms with van der Waals surface area (Å²) in [4.78, 5) is 12.4. The molecule has 3 rings (SSSR count). The number of rotatable bonds is 5. The maximum Gasteiger partial charge on any atom is 0.238 e. The molecule has 1 aromatic heterocycles. The fourth-order valence-corrected chi connectivity index (χ4v) is 4.86. The number of carbonyl (C=O) groups excluding carboxylic acids is 1. The molecule has 1 N–H and O–H groups in total. The number of nitrogens with one attached hydrogen (secondary N) is 1. The summed E-state index contributed by atoms with van der Waals surface area (Å²) in [5.41, 5.74) is 0. The molecule has 1 aliphatic heterocycles. The lowest BCUT2D eigenvalue weighted by molar-refractivity contribution is -0.124. The first-order valence-corrected chi connectivity index (χ1v) is 10.4. The third-order valence-corrected chi connectivity index (χ3v) is 6.26. The van der Waals surface area contributed by atoms with Crippen LogP contribution < -0.4 is 5.32 Å². The second-order valence-corrected chi connectivity index (χ2v) is 8.63. The van der Waals surface area contributed by atoms with Crippen molar-refractivity contribution in [3.05, 3.63) is 12.2 Å². The van der Waals surface area contributed by atoms with Crippen LogP contribution in [0.1, 0.15) is 56.8 Å². The summed E-state index contributed by atoms with van der Waals surface area (Å²) in [7, 11) is -3.35. The highest BCUT2D eigenvalue weighted by Gasteiger charge is 2.36. The van der Waals surface area contributed by atoms with Gasteiger partial charge in [0.05, 0.1) is 12.8 Å². The number of aromatic nitrogens is 3. The van der Waals surface area contributed by atoms with Crippen LogP contribution in [0.3, 0.4) is 0 Å². The minimum absolute atomic E-state index is 0.254. The Hall–Kier alpha value is -1.48. The van der Waals surface area contributed by atoms with Crippen LogP contribution >= 0.6 is 0 Å². The monoisotopic (exact) mass is 355 g/mol. The van der Waals surface area contributed by atoms with Gasteiger partial charge in [0.25, 0.3) is 0 Å². The molecular formula is C15H25N5O3S. The van der Waals surface area contributed by atoms with Crippen LogP contribution in [0.15, 0.2) is 6.33 Å². The zero-order valence-electron chi connectivity index (χ0n) is 14.0. The van der Waals surface area contributed by atoms with E-state index in [1.54, 1.807) is 6.33 Å². The molecule has 2 heterocycles. The predicted molar refractivity (Wildman–Crippen MR) is 88.6 cm³/mol. The first-order valence-electron chi connectivity index (χ1n) is 8.60. The molecule has 0 unspecified atom stereocenters. The predicted octanol–water partition coefficient (Wildman–Crippen LogP) is 0.823. The van der Waals surface area contributed by atoms with Crippen molar-refractivity contribution in [1.29, 1.82) is 0 Å². The molecule has 8 nitrogen and oxygen atoms in total. The molecule has 1 aliphatic carbocycles. The smallest absolute Gasteiger partial charge is 0.238 e. The van der Waals surface area contributed by atoms with Crippen molar-refractivity contribution in [1.82, 2.24) is 24.4 Å². The fraction of sp³-hybridized carbons (Fsp3) is 0.800. The van der Waals surface area contributed by atoms with Gasteiger partial charge >= 0.3 is 0 Å². The van der Waals surface area contributed by atoms with Crippen molar-refractivity contribution < 1.29 is 13.2 Å². The number of hydrogen-bond acceptors (Lipinski definition) is 5. The summed E-state index contributed by atoms with van der Waals surface area (Å²) in [6, 6.07) is -0.203. The second-order valence-electron chi connectivity index (χ2n) is 6.70. The zero-order valence-corrected chi connectivity index (χ0v) is 14.8. The van der Waals surface area contributed by atoms with Gasteiger partial charge in [-0.25, -0.2) is 8.42 Å². The average Bonchev–Trinajstić information content (AvgIpc) is 3.22. The summed E-state index contributed by atoms with van der Waals surface area (Å²) in [6.07, 6.45) is 10.1. The molecule has 1 aromatic rings. The van der Waals surface area contributed by atoms with Crippen LogP contribution in [0.2, 0.25) is 0 Å². The van der Waals surface area contributed by atoms with E-state index in [-0.39, 0.29) is 12.5 Å². The number of amides is 1. The van der Waals surface area contributed by atoms with Gasteiger partial charge in [0.15, 0.2) is 5.82 Å². The van der Waals surface area contributed by atoms with Crippen LogP contribution in [0.5, 0.6) is 0 Å². The highest BCUT2D eigenvalue weighted by molar-refractivity contribution is 7.88. The Labute approximate surface area is 142 Å². The van der Waals surface area contributed by atoms with Gasteiger partial charge in [-0.15, -0.1) is 10.2 Å². The number of hydrogen-bond donors (Lipinski definition) is 1. The van der Waals surface area contributed by atoms with Crippen molar-refractivity contribution in [3.8, 4) is 0 Å². The highest BCUT2D eigenvalue weighted by atomic mass is 32.2. The number of sulfonamides is 1. The van der Waals surface area contributed by atoms with E-state index in [0.29, 0.717) is 25.4 Å². The van der Waals surface area contributed by atoms with Crippen LogP contribution in [0.4, 0.5) is 0 Å². The van der Waals surface area contributed by atoms with E-state index in [9.17, 15) is 13.2 Å². The minimum Gasteiger partial charge on any atom is -0.347 e. The molecule has 1 saturated carbocycles. The van der Waals surface area contributed by atoms with E-state index < -0.39 is 16.1 Å². The molecule has 0 spiro atoms. The second kappa shape index (κ2) is 7.18. The Bertz CT molecular complexity index is 681. The van der Waals surface area contributed by atoms with Crippen LogP contribution in [-0.4, -0.2) is 52.2 Å². The van der Waals surface area contributed by atoms with E-state index in [4.69, 9.17) is 0 Å². The lowest BCUT2D eigenvalue weighted by Crippen LogP contribution is -2.45. The van der Waals surface area contributed by atoms with Gasteiger partial charge in [0.1, 0.15) is 12.4 Å². The summed E-state index contributed by atoms with van der Waals surface area (Å²) in [6.45, 7) is 0.693. The lowest BCUT2D eigenvalue weighted by Gasteiger charge is -2.24. The molecule has 24 heavy (non-hydrogen) atoms. The minimum atomic E-state index is -3.35. The lowest BCUT2D eigenvalue weighted by atomic mass is 9.95. The zero-order chi connectivity index (χ0) is 17.2. The van der Waals surface area contributed by atoms with Crippen LogP contribution in [0.25, 0.3) is 0 Å². The third-order valence-electron chi connectivity index (χ3n) is 4.97. The molecule has 2 aliphatic rings. The van der Waals surface area contributed by atoms with E-state index in [0.717, 1.165) is 24.9 Å². The summed E-state index contributed by atoms with van der Waals surface area (Å²) >= 11 is 0. The first-order chi connectivity index (χ1) is 11.5. The van der Waals surface area contributed by atoms with Gasteiger partial charge in [0, 0.05) is 12.6 Å². The number of carbonyl (C=O) groups is 1. The molecular weight excluding hydrogens is 330 g/mol. The molecule has 0 aromatic carbocycles. The maximum atomic E-state index is 12.4. The first kappa shape index (κ1) is 17.3. The summed E-state index contributed by atoms with van der Waals surface area (Å²) in [5, 5.41) is 10.9. The van der Waals surface area contributed by atoms with E-state index in [1.807, 2.05) is 0 Å². The van der Waals surface area contributed by atoms with Crippen molar-refractivity contribution in [3.63, 3.8) is 0 Å². The van der Waals surface area contributed by atoms with E-state index in [2.05, 4.69) is 20.1 Å². The molecule has 0 radical (unpaired) electrons. The van der Waals surface area contributed by atoms with Crippen molar-refractivity contribution in [2.75, 3.05) is 12.8 Å². The van der Waals surface area contributed by atoms with E-state index in [1.165, 1.54) is 23.6 Å². The number of nitrogens with zero attached hydrogens (tertiary/aromatic N) is 4. The van der Waals surface area contributed by atoms with Gasteiger partial charge in [-0.1, -0.05) is 19.3 Å². The Morgan fingerprint density at radius 2 is 2.00 bits per heavy atom. The van der Waals surface area contributed by atoms with Crippen LogP contribution in [0, 0.1) is 0 Å². The third kappa shape index (κ3) is 3.77. The quantitative estimate of drug-likeness (QED) is 0.843. The highest BCUT2D eigenvalue weighted by Crippen LogP contribution is 2.28. The standard InChI is InChI=1S/C15H25N5O3S/c1-24(22,23)20-9-5-8-13(20)15(21)16-10-14-18-17-11-19(14)12-6-3-2-4-7-12/h11-13H,2-10H2,1H3,(H,16,21)/t13-/m0/s1. The van der Waals surface area contributed by atoms with E-state index >= 15 is 0 Å². The normalized spacial score (nSPS) is 23.5. The van der Waals surface area contributed by atoms with Crippen molar-refractivity contribution >= 4 is 15.9 Å². The van der Waals surface area contributed by atoms with Gasteiger partial charge in [-0.2, -0.15) is 4.31 Å². The molecule has 2 fully saturated rings. The summed E-state index contributed by atoms with van der Waals surface area (Å²) in [5.74, 6) is 0.482. The van der Waals surface area contributed by atoms with Crippen molar-refractivity contribution in [2.45, 2.75) is 63.6 Å². The Kier molecular flexibility index (Phi) is 5.19. The van der Waals surface area contributed by atoms with Gasteiger partial charge < -0.3 is 9.88 Å². The molecule has 1 amide bonds. The SMILES string of the molecule is CS(=O)(=O)N1CCC[C@H]1C(=O)NCc1nncn1C1CCCCC1. The van der Waals surface area contributed by atoms with Gasteiger partial charge in [0.2, 0.25) is 15.9 Å². The molecule has 134 valence electrons. The molecule has 1 atom stereocenters. The molecule has 9 heteroatoms. The van der Waals surface area contributed by atoms with Crippen LogP contribution in [-0.2, 0) is 21.4 Å². The Morgan fingerprint density at radius 3 is 2.71 bits per heavy atom. The summed E-state index contributed by atoms with van der Waals surface area (Å²) < 4.78 is 26.9. The van der Waals surface area contributed by atoms with Gasteiger partial charge in [-0.3, -0.25) is 4.79 Å². The topological polar surface area (TPSA) is 97.2 Å². The Morgan fingerprint density at radius 1 is 1.25 bits per heavy atom. The molecule has 0 bridgehead atoms. The largest absolute Gasteiger partial charge is 0.347 e. The van der Waals surface area contributed by atoms with Gasteiger partial charge in [-0.05, 0) is 25.7 Å². The fourth-order valence-electron chi connectivity index (χ4n) is 3.74. The van der Waals surface area contributed by atoms with Crippen molar-refractivity contribution in [2.24, 2.45) is 0 Å². The maximum absolute atomic E-state index is 12.4.